The highest BCUT2D eigenvalue weighted by molar-refractivity contribution is 9.10. The Balaban J connectivity index is 1.90. The number of halogens is 1. The molecule has 1 aromatic carbocycles. The van der Waals surface area contributed by atoms with Crippen molar-refractivity contribution < 1.29 is 9.47 Å². The summed E-state index contributed by atoms with van der Waals surface area (Å²) < 4.78 is 12.0. The number of benzene rings is 1. The van der Waals surface area contributed by atoms with E-state index in [1.807, 2.05) is 12.1 Å². The minimum Gasteiger partial charge on any atom is -0.491 e. The second kappa shape index (κ2) is 6.04. The second-order valence-corrected chi connectivity index (χ2v) is 4.91. The first-order chi connectivity index (χ1) is 8.29. The van der Waals surface area contributed by atoms with Gasteiger partial charge < -0.3 is 9.47 Å². The summed E-state index contributed by atoms with van der Waals surface area (Å²) in [5.74, 6) is 0.769. The van der Waals surface area contributed by atoms with E-state index in [1.54, 1.807) is 6.07 Å². The Hall–Kier alpha value is -1.05. The van der Waals surface area contributed by atoms with Gasteiger partial charge in [0.15, 0.2) is 0 Å². The molecule has 1 aromatic rings. The van der Waals surface area contributed by atoms with E-state index in [2.05, 4.69) is 22.0 Å². The van der Waals surface area contributed by atoms with Crippen molar-refractivity contribution >= 4 is 15.9 Å². The highest BCUT2D eigenvalue weighted by Crippen LogP contribution is 2.23. The van der Waals surface area contributed by atoms with Crippen LogP contribution in [0.25, 0.3) is 0 Å². The van der Waals surface area contributed by atoms with Crippen molar-refractivity contribution in [2.45, 2.75) is 25.4 Å². The molecule has 0 aliphatic carbocycles. The molecule has 1 aliphatic heterocycles. The molecule has 0 spiro atoms. The van der Waals surface area contributed by atoms with Crippen molar-refractivity contribution in [1.82, 2.24) is 0 Å². The Bertz CT molecular complexity index is 422. The largest absolute Gasteiger partial charge is 0.491 e. The Kier molecular flexibility index (Phi) is 4.41. The van der Waals surface area contributed by atoms with E-state index in [0.29, 0.717) is 12.2 Å². The molecule has 0 amide bonds. The monoisotopic (exact) mass is 295 g/mol. The number of hydrogen-bond donors (Lipinski definition) is 0. The SMILES string of the molecule is N#Cc1ccc(OCC2CCCCO2)cc1Br. The molecule has 1 saturated heterocycles. The maximum atomic E-state index is 8.80. The molecule has 1 aliphatic rings. The molecule has 4 heteroatoms. The van der Waals surface area contributed by atoms with Crippen LogP contribution in [-0.2, 0) is 4.74 Å². The normalized spacial score (nSPS) is 19.6. The van der Waals surface area contributed by atoms with Gasteiger partial charge in [-0.05, 0) is 53.4 Å². The van der Waals surface area contributed by atoms with Crippen LogP contribution in [0, 0.1) is 11.3 Å². The lowest BCUT2D eigenvalue weighted by molar-refractivity contribution is -0.0110. The lowest BCUT2D eigenvalue weighted by Crippen LogP contribution is -2.25. The van der Waals surface area contributed by atoms with Crippen molar-refractivity contribution in [3.63, 3.8) is 0 Å². The fraction of sp³-hybridized carbons (Fsp3) is 0.462. The Morgan fingerprint density at radius 2 is 2.35 bits per heavy atom. The van der Waals surface area contributed by atoms with Crippen LogP contribution >= 0.6 is 15.9 Å². The third kappa shape index (κ3) is 3.45. The van der Waals surface area contributed by atoms with Gasteiger partial charge in [0.05, 0.1) is 11.7 Å². The van der Waals surface area contributed by atoms with E-state index in [0.717, 1.165) is 29.7 Å². The molecule has 1 atom stereocenters. The molecular weight excluding hydrogens is 282 g/mol. The van der Waals surface area contributed by atoms with Crippen molar-refractivity contribution in [3.05, 3.63) is 28.2 Å². The minimum absolute atomic E-state index is 0.207. The lowest BCUT2D eigenvalue weighted by Gasteiger charge is -2.22. The average molecular weight is 296 g/mol. The highest BCUT2D eigenvalue weighted by atomic mass is 79.9. The van der Waals surface area contributed by atoms with Crippen molar-refractivity contribution in [1.29, 1.82) is 5.26 Å². The fourth-order valence-corrected chi connectivity index (χ4v) is 2.25. The van der Waals surface area contributed by atoms with Crippen molar-refractivity contribution in [2.24, 2.45) is 0 Å². The van der Waals surface area contributed by atoms with Gasteiger partial charge in [-0.1, -0.05) is 0 Å². The van der Waals surface area contributed by atoms with Gasteiger partial charge in [-0.25, -0.2) is 0 Å². The summed E-state index contributed by atoms with van der Waals surface area (Å²) in [5, 5.41) is 8.80. The second-order valence-electron chi connectivity index (χ2n) is 4.05. The maximum Gasteiger partial charge on any atom is 0.120 e. The number of nitriles is 1. The molecule has 0 bridgehead atoms. The van der Waals surface area contributed by atoms with E-state index in [1.165, 1.54) is 6.42 Å². The first-order valence-corrected chi connectivity index (χ1v) is 6.53. The predicted molar refractivity (Wildman–Crippen MR) is 67.9 cm³/mol. The standard InChI is InChI=1S/C13H14BrNO2/c14-13-7-11(5-4-10(13)8-15)17-9-12-3-1-2-6-16-12/h4-5,7,12H,1-3,6,9H2. The number of hydrogen-bond acceptors (Lipinski definition) is 3. The number of nitrogens with zero attached hydrogens (tertiary/aromatic N) is 1. The van der Waals surface area contributed by atoms with Gasteiger partial charge in [0.1, 0.15) is 18.4 Å². The summed E-state index contributed by atoms with van der Waals surface area (Å²) in [6.45, 7) is 1.42. The summed E-state index contributed by atoms with van der Waals surface area (Å²) >= 11 is 3.34. The van der Waals surface area contributed by atoms with Gasteiger partial charge in [0, 0.05) is 11.1 Å². The molecule has 1 fully saturated rings. The van der Waals surface area contributed by atoms with Crippen LogP contribution in [0.15, 0.2) is 22.7 Å². The van der Waals surface area contributed by atoms with Gasteiger partial charge in [0.25, 0.3) is 0 Å². The van der Waals surface area contributed by atoms with Crippen molar-refractivity contribution in [2.75, 3.05) is 13.2 Å². The molecule has 90 valence electrons. The first-order valence-electron chi connectivity index (χ1n) is 5.73. The van der Waals surface area contributed by atoms with Crippen LogP contribution in [-0.4, -0.2) is 19.3 Å². The van der Waals surface area contributed by atoms with Crippen LogP contribution < -0.4 is 4.74 Å². The molecule has 0 N–H and O–H groups in total. The summed E-state index contributed by atoms with van der Waals surface area (Å²) in [4.78, 5) is 0. The Morgan fingerprint density at radius 3 is 3.00 bits per heavy atom. The molecule has 17 heavy (non-hydrogen) atoms. The van der Waals surface area contributed by atoms with Gasteiger partial charge >= 0.3 is 0 Å². The molecule has 0 saturated carbocycles. The maximum absolute atomic E-state index is 8.80. The first kappa shape index (κ1) is 12.4. The fourth-order valence-electron chi connectivity index (χ4n) is 1.80. The van der Waals surface area contributed by atoms with E-state index in [4.69, 9.17) is 14.7 Å². The Morgan fingerprint density at radius 1 is 1.47 bits per heavy atom. The van der Waals surface area contributed by atoms with Crippen LogP contribution in [0.2, 0.25) is 0 Å². The summed E-state index contributed by atoms with van der Waals surface area (Å²) in [6, 6.07) is 7.48. The van der Waals surface area contributed by atoms with Gasteiger partial charge in [-0.15, -0.1) is 0 Å². The lowest BCUT2D eigenvalue weighted by atomic mass is 10.1. The number of rotatable bonds is 3. The van der Waals surface area contributed by atoms with E-state index >= 15 is 0 Å². The zero-order valence-corrected chi connectivity index (χ0v) is 11.1. The Labute approximate surface area is 109 Å². The van der Waals surface area contributed by atoms with Gasteiger partial charge in [0.2, 0.25) is 0 Å². The highest BCUT2D eigenvalue weighted by Gasteiger charge is 2.14. The summed E-state index contributed by atoms with van der Waals surface area (Å²) in [5.41, 5.74) is 0.617. The smallest absolute Gasteiger partial charge is 0.120 e. The molecule has 0 aromatic heterocycles. The molecule has 3 nitrogen and oxygen atoms in total. The summed E-state index contributed by atoms with van der Waals surface area (Å²) in [6.07, 6.45) is 3.64. The van der Waals surface area contributed by atoms with Crippen LogP contribution in [0.3, 0.4) is 0 Å². The third-order valence-electron chi connectivity index (χ3n) is 2.77. The molecule has 0 radical (unpaired) electrons. The molecule has 1 heterocycles. The number of ether oxygens (including phenoxy) is 2. The molecular formula is C13H14BrNO2. The third-order valence-corrected chi connectivity index (χ3v) is 3.43. The summed E-state index contributed by atoms with van der Waals surface area (Å²) in [7, 11) is 0. The zero-order valence-electron chi connectivity index (χ0n) is 9.49. The topological polar surface area (TPSA) is 42.2 Å². The van der Waals surface area contributed by atoms with E-state index in [-0.39, 0.29) is 6.10 Å². The van der Waals surface area contributed by atoms with Gasteiger partial charge in [-0.3, -0.25) is 0 Å². The zero-order chi connectivity index (χ0) is 12.1. The van der Waals surface area contributed by atoms with Crippen molar-refractivity contribution in [3.8, 4) is 11.8 Å². The quantitative estimate of drug-likeness (QED) is 0.859. The average Bonchev–Trinajstić information content (AvgIpc) is 2.38. The molecule has 2 rings (SSSR count). The predicted octanol–water partition coefficient (Wildman–Crippen LogP) is 3.27. The van der Waals surface area contributed by atoms with Crippen LogP contribution in [0.1, 0.15) is 24.8 Å². The minimum atomic E-state index is 0.207. The molecule has 1 unspecified atom stereocenters. The van der Waals surface area contributed by atoms with Crippen LogP contribution in [0.4, 0.5) is 0 Å². The van der Waals surface area contributed by atoms with Crippen LogP contribution in [0.5, 0.6) is 5.75 Å². The van der Waals surface area contributed by atoms with Gasteiger partial charge in [-0.2, -0.15) is 5.26 Å². The van der Waals surface area contributed by atoms with E-state index < -0.39 is 0 Å². The van der Waals surface area contributed by atoms with E-state index in [9.17, 15) is 0 Å².